The minimum atomic E-state index is -0.388. The molecule has 0 radical (unpaired) electrons. The fourth-order valence-electron chi connectivity index (χ4n) is 2.19. The number of hydrazone groups is 1. The molecule has 0 saturated carbocycles. The summed E-state index contributed by atoms with van der Waals surface area (Å²) in [5.41, 5.74) is 4.31. The van der Waals surface area contributed by atoms with Crippen molar-refractivity contribution in [3.8, 4) is 0 Å². The maximum absolute atomic E-state index is 13.5. The number of benzene rings is 1. The summed E-state index contributed by atoms with van der Waals surface area (Å²) in [5.74, 6) is -0.388. The van der Waals surface area contributed by atoms with E-state index in [0.29, 0.717) is 5.02 Å². The molecule has 1 aromatic carbocycles. The van der Waals surface area contributed by atoms with E-state index in [1.54, 1.807) is 23.5 Å². The monoisotopic (exact) mass is 309 g/mol. The van der Waals surface area contributed by atoms with Crippen molar-refractivity contribution in [1.82, 2.24) is 4.98 Å². The van der Waals surface area contributed by atoms with Crippen molar-refractivity contribution in [2.75, 3.05) is 5.43 Å². The summed E-state index contributed by atoms with van der Waals surface area (Å²) in [6.45, 7) is 0. The van der Waals surface area contributed by atoms with Gasteiger partial charge in [-0.2, -0.15) is 5.10 Å². The van der Waals surface area contributed by atoms with E-state index in [9.17, 15) is 4.39 Å². The molecule has 3 rings (SSSR count). The maximum Gasteiger partial charge on any atom is 0.203 e. The highest BCUT2D eigenvalue weighted by atomic mass is 35.5. The van der Waals surface area contributed by atoms with Crippen molar-refractivity contribution in [2.24, 2.45) is 5.10 Å². The second-order valence-corrected chi connectivity index (χ2v) is 6.09. The van der Waals surface area contributed by atoms with Crippen molar-refractivity contribution in [3.05, 3.63) is 45.2 Å². The topological polar surface area (TPSA) is 37.3 Å². The van der Waals surface area contributed by atoms with Gasteiger partial charge in [0.15, 0.2) is 0 Å². The zero-order valence-electron chi connectivity index (χ0n) is 10.7. The van der Waals surface area contributed by atoms with Gasteiger partial charge in [0.2, 0.25) is 5.13 Å². The van der Waals surface area contributed by atoms with Gasteiger partial charge in [0.05, 0.1) is 16.9 Å². The second kappa shape index (κ2) is 5.89. The lowest BCUT2D eigenvalue weighted by Gasteiger charge is -2.06. The zero-order chi connectivity index (χ0) is 13.9. The quantitative estimate of drug-likeness (QED) is 0.679. The van der Waals surface area contributed by atoms with Crippen LogP contribution in [0, 0.1) is 5.82 Å². The third-order valence-corrected chi connectivity index (χ3v) is 4.59. The van der Waals surface area contributed by atoms with Crippen molar-refractivity contribution in [2.45, 2.75) is 25.7 Å². The van der Waals surface area contributed by atoms with Crippen LogP contribution in [0.4, 0.5) is 9.52 Å². The van der Waals surface area contributed by atoms with Crippen molar-refractivity contribution in [1.29, 1.82) is 0 Å². The molecule has 0 aliphatic heterocycles. The minimum absolute atomic E-state index is 0.281. The van der Waals surface area contributed by atoms with E-state index in [1.165, 1.54) is 35.7 Å². The fourth-order valence-corrected chi connectivity index (χ4v) is 3.40. The van der Waals surface area contributed by atoms with Gasteiger partial charge in [-0.1, -0.05) is 17.7 Å². The summed E-state index contributed by atoms with van der Waals surface area (Å²) >= 11 is 7.54. The van der Waals surface area contributed by atoms with E-state index in [4.69, 9.17) is 11.6 Å². The Balaban J connectivity index is 1.73. The smallest absolute Gasteiger partial charge is 0.203 e. The van der Waals surface area contributed by atoms with Gasteiger partial charge in [0.25, 0.3) is 0 Å². The number of hydrogen-bond acceptors (Lipinski definition) is 4. The fraction of sp³-hybridized carbons (Fsp3) is 0.286. The molecular formula is C14H13ClFN3S. The summed E-state index contributed by atoms with van der Waals surface area (Å²) in [7, 11) is 0. The van der Waals surface area contributed by atoms with Crippen LogP contribution in [0.25, 0.3) is 0 Å². The summed E-state index contributed by atoms with van der Waals surface area (Å²) in [4.78, 5) is 5.83. The van der Waals surface area contributed by atoms with Gasteiger partial charge in [0.1, 0.15) is 5.82 Å². The molecule has 6 heteroatoms. The Hall–Kier alpha value is -1.46. The van der Waals surface area contributed by atoms with Gasteiger partial charge in [0, 0.05) is 10.4 Å². The molecule has 1 aliphatic rings. The minimum Gasteiger partial charge on any atom is -0.253 e. The number of halogens is 2. The molecule has 0 atom stereocenters. The molecule has 3 nitrogen and oxygen atoms in total. The molecule has 0 bridgehead atoms. The molecule has 20 heavy (non-hydrogen) atoms. The van der Waals surface area contributed by atoms with Crippen LogP contribution in [0.3, 0.4) is 0 Å². The number of hydrogen-bond donors (Lipinski definition) is 1. The maximum atomic E-state index is 13.5. The van der Waals surface area contributed by atoms with Gasteiger partial charge < -0.3 is 0 Å². The SMILES string of the molecule is Fc1cccc(Cl)c1/C=N/Nc1nc2c(s1)CCCC2. The van der Waals surface area contributed by atoms with Gasteiger partial charge in [-0.15, -0.1) is 11.3 Å². The first-order valence-electron chi connectivity index (χ1n) is 6.46. The number of thiazole rings is 1. The molecule has 0 unspecified atom stereocenters. The molecule has 1 heterocycles. The summed E-state index contributed by atoms with van der Waals surface area (Å²) in [6.07, 6.45) is 5.94. The first-order chi connectivity index (χ1) is 9.74. The van der Waals surface area contributed by atoms with Crippen LogP contribution in [0.15, 0.2) is 23.3 Å². The van der Waals surface area contributed by atoms with Crippen LogP contribution in [-0.2, 0) is 12.8 Å². The van der Waals surface area contributed by atoms with E-state index in [1.807, 2.05) is 0 Å². The van der Waals surface area contributed by atoms with E-state index in [2.05, 4.69) is 15.5 Å². The van der Waals surface area contributed by atoms with Crippen molar-refractivity contribution < 1.29 is 4.39 Å². The average Bonchev–Trinajstić information content (AvgIpc) is 2.84. The third kappa shape index (κ3) is 2.83. The molecule has 0 saturated heterocycles. The largest absolute Gasteiger partial charge is 0.253 e. The third-order valence-electron chi connectivity index (χ3n) is 3.20. The Labute approximate surface area is 125 Å². The summed E-state index contributed by atoms with van der Waals surface area (Å²) in [5, 5.41) is 5.12. The molecule has 104 valence electrons. The number of aryl methyl sites for hydroxylation is 2. The first-order valence-corrected chi connectivity index (χ1v) is 7.65. The molecule has 0 spiro atoms. The number of rotatable bonds is 3. The summed E-state index contributed by atoms with van der Waals surface area (Å²) in [6, 6.07) is 4.56. The number of nitrogens with zero attached hydrogens (tertiary/aromatic N) is 2. The van der Waals surface area contributed by atoms with Crippen LogP contribution in [0.5, 0.6) is 0 Å². The predicted octanol–water partition coefficient (Wildman–Crippen LogP) is 4.26. The number of aromatic nitrogens is 1. The van der Waals surface area contributed by atoms with Gasteiger partial charge in [-0.3, -0.25) is 5.43 Å². The molecule has 1 aromatic heterocycles. The highest BCUT2D eigenvalue weighted by molar-refractivity contribution is 7.15. The molecule has 1 N–H and O–H groups in total. The second-order valence-electron chi connectivity index (χ2n) is 4.60. The first kappa shape index (κ1) is 13.5. The van der Waals surface area contributed by atoms with E-state index in [0.717, 1.165) is 18.0 Å². The zero-order valence-corrected chi connectivity index (χ0v) is 12.3. The molecule has 0 fully saturated rings. The lowest BCUT2D eigenvalue weighted by molar-refractivity contribution is 0.626. The Morgan fingerprint density at radius 3 is 3.00 bits per heavy atom. The van der Waals surface area contributed by atoms with Gasteiger partial charge in [-0.05, 0) is 37.8 Å². The van der Waals surface area contributed by atoms with Gasteiger partial charge in [-0.25, -0.2) is 9.37 Å². The van der Waals surface area contributed by atoms with Crippen LogP contribution in [-0.4, -0.2) is 11.2 Å². The lowest BCUT2D eigenvalue weighted by Crippen LogP contribution is -1.99. The summed E-state index contributed by atoms with van der Waals surface area (Å²) < 4.78 is 13.5. The van der Waals surface area contributed by atoms with Crippen LogP contribution >= 0.6 is 22.9 Å². The highest BCUT2D eigenvalue weighted by Crippen LogP contribution is 2.29. The van der Waals surface area contributed by atoms with Crippen molar-refractivity contribution >= 4 is 34.3 Å². The number of nitrogens with one attached hydrogen (secondary N) is 1. The average molecular weight is 310 g/mol. The van der Waals surface area contributed by atoms with Crippen molar-refractivity contribution in [3.63, 3.8) is 0 Å². The lowest BCUT2D eigenvalue weighted by atomic mass is 10.0. The number of anilines is 1. The Morgan fingerprint density at radius 2 is 2.20 bits per heavy atom. The van der Waals surface area contributed by atoms with E-state index < -0.39 is 0 Å². The molecule has 1 aliphatic carbocycles. The molecular weight excluding hydrogens is 297 g/mol. The highest BCUT2D eigenvalue weighted by Gasteiger charge is 2.14. The van der Waals surface area contributed by atoms with Gasteiger partial charge >= 0.3 is 0 Å². The Kier molecular flexibility index (Phi) is 3.98. The molecule has 2 aromatic rings. The van der Waals surface area contributed by atoms with E-state index >= 15 is 0 Å². The van der Waals surface area contributed by atoms with Crippen LogP contribution < -0.4 is 5.43 Å². The van der Waals surface area contributed by atoms with E-state index in [-0.39, 0.29) is 11.4 Å². The van der Waals surface area contributed by atoms with Crippen LogP contribution in [0.1, 0.15) is 29.0 Å². The normalized spacial score (nSPS) is 14.5. The Bertz CT molecular complexity index is 610. The molecule has 0 amide bonds. The number of fused-ring (bicyclic) bond motifs is 1. The Morgan fingerprint density at radius 1 is 1.35 bits per heavy atom. The van der Waals surface area contributed by atoms with Crippen LogP contribution in [0.2, 0.25) is 5.02 Å². The standard InChI is InChI=1S/C14H13ClFN3S/c15-10-4-3-5-11(16)9(10)8-17-19-14-18-12-6-1-2-7-13(12)20-14/h3-5,8H,1-2,6-7H2,(H,18,19)/b17-8+. The predicted molar refractivity (Wildman–Crippen MR) is 81.4 cm³/mol.